The normalized spacial score (nSPS) is 18.1. The van der Waals surface area contributed by atoms with Crippen LogP contribution in [0.2, 0.25) is 0 Å². The molecule has 0 saturated carbocycles. The lowest BCUT2D eigenvalue weighted by Gasteiger charge is -2.32. The van der Waals surface area contributed by atoms with E-state index in [0.717, 1.165) is 70.5 Å². The Morgan fingerprint density at radius 3 is 2.60 bits per heavy atom. The van der Waals surface area contributed by atoms with Crippen LogP contribution in [0.4, 0.5) is 0 Å². The standard InChI is InChI=1S/C18H29N5O2/c1-3-4-8-19-17(24)15-14-7-5-6-9-23(14)16(20-15)18(25)22-12-10-21(2)11-13-22/h3-13H2,1-2H3,(H,19,24). The Morgan fingerprint density at radius 2 is 1.88 bits per heavy atom. The second kappa shape index (κ2) is 7.99. The van der Waals surface area contributed by atoms with Crippen LogP contribution in [0, 0.1) is 0 Å². The van der Waals surface area contributed by atoms with Crippen molar-refractivity contribution in [2.24, 2.45) is 0 Å². The van der Waals surface area contributed by atoms with Crippen molar-refractivity contribution in [1.29, 1.82) is 0 Å². The van der Waals surface area contributed by atoms with E-state index in [-0.39, 0.29) is 11.8 Å². The maximum Gasteiger partial charge on any atom is 0.289 e. The number of rotatable bonds is 5. The molecule has 25 heavy (non-hydrogen) atoms. The molecule has 1 N–H and O–H groups in total. The van der Waals surface area contributed by atoms with Gasteiger partial charge in [0.15, 0.2) is 5.82 Å². The fourth-order valence-corrected chi connectivity index (χ4v) is 3.50. The van der Waals surface area contributed by atoms with Crippen LogP contribution >= 0.6 is 0 Å². The first kappa shape index (κ1) is 17.9. The van der Waals surface area contributed by atoms with E-state index < -0.39 is 0 Å². The number of aromatic nitrogens is 2. The monoisotopic (exact) mass is 347 g/mol. The van der Waals surface area contributed by atoms with Crippen LogP contribution in [-0.2, 0) is 13.0 Å². The van der Waals surface area contributed by atoms with E-state index in [1.54, 1.807) is 0 Å². The van der Waals surface area contributed by atoms with Crippen LogP contribution < -0.4 is 5.32 Å². The molecule has 1 fully saturated rings. The number of unbranched alkanes of at least 4 members (excludes halogenated alkanes) is 1. The average Bonchev–Trinajstić information content (AvgIpc) is 3.02. The smallest absolute Gasteiger partial charge is 0.289 e. The van der Waals surface area contributed by atoms with Crippen molar-refractivity contribution in [1.82, 2.24) is 24.7 Å². The lowest BCUT2D eigenvalue weighted by atomic mass is 10.1. The zero-order chi connectivity index (χ0) is 17.8. The van der Waals surface area contributed by atoms with Crippen LogP contribution in [0.5, 0.6) is 0 Å². The Labute approximate surface area is 149 Å². The van der Waals surface area contributed by atoms with Gasteiger partial charge < -0.3 is 19.7 Å². The minimum absolute atomic E-state index is 0.0381. The number of piperazine rings is 1. The molecule has 0 bridgehead atoms. The van der Waals surface area contributed by atoms with E-state index in [2.05, 4.69) is 29.2 Å². The van der Waals surface area contributed by atoms with Crippen molar-refractivity contribution < 1.29 is 9.59 Å². The number of carbonyl (C=O) groups excluding carboxylic acids is 2. The zero-order valence-electron chi connectivity index (χ0n) is 15.4. The molecular weight excluding hydrogens is 318 g/mol. The second-order valence-electron chi connectivity index (χ2n) is 7.04. The predicted octanol–water partition coefficient (Wildman–Crippen LogP) is 1.14. The van der Waals surface area contributed by atoms with E-state index in [1.807, 2.05) is 9.47 Å². The molecule has 3 rings (SSSR count). The van der Waals surface area contributed by atoms with Gasteiger partial charge in [-0.3, -0.25) is 9.59 Å². The molecule has 7 heteroatoms. The molecular formula is C18H29N5O2. The van der Waals surface area contributed by atoms with Gasteiger partial charge in [-0.2, -0.15) is 0 Å². The molecule has 0 unspecified atom stereocenters. The third-order valence-electron chi connectivity index (χ3n) is 5.13. The van der Waals surface area contributed by atoms with Gasteiger partial charge in [0, 0.05) is 39.3 Å². The molecule has 1 aromatic rings. The number of hydrogen-bond donors (Lipinski definition) is 1. The van der Waals surface area contributed by atoms with Gasteiger partial charge in [-0.05, 0) is 32.7 Å². The predicted molar refractivity (Wildman–Crippen MR) is 95.8 cm³/mol. The minimum Gasteiger partial charge on any atom is -0.351 e. The molecule has 3 heterocycles. The summed E-state index contributed by atoms with van der Waals surface area (Å²) in [6.45, 7) is 6.72. The van der Waals surface area contributed by atoms with Gasteiger partial charge in [0.1, 0.15) is 5.69 Å². The molecule has 0 aromatic carbocycles. The maximum absolute atomic E-state index is 13.0. The van der Waals surface area contributed by atoms with Crippen molar-refractivity contribution in [2.45, 2.75) is 45.6 Å². The molecule has 0 aliphatic carbocycles. The van der Waals surface area contributed by atoms with Gasteiger partial charge in [-0.25, -0.2) is 4.98 Å². The first-order chi connectivity index (χ1) is 12.1. The van der Waals surface area contributed by atoms with Gasteiger partial charge in [-0.15, -0.1) is 0 Å². The molecule has 7 nitrogen and oxygen atoms in total. The van der Waals surface area contributed by atoms with Crippen molar-refractivity contribution in [3.05, 3.63) is 17.2 Å². The summed E-state index contributed by atoms with van der Waals surface area (Å²) < 4.78 is 1.99. The summed E-state index contributed by atoms with van der Waals surface area (Å²) in [5, 5.41) is 2.94. The molecule has 0 spiro atoms. The first-order valence-electron chi connectivity index (χ1n) is 9.47. The highest BCUT2D eigenvalue weighted by Gasteiger charge is 2.30. The fraction of sp³-hybridized carbons (Fsp3) is 0.722. The van der Waals surface area contributed by atoms with Crippen molar-refractivity contribution >= 4 is 11.8 Å². The first-order valence-corrected chi connectivity index (χ1v) is 9.47. The molecule has 138 valence electrons. The summed E-state index contributed by atoms with van der Waals surface area (Å²) in [7, 11) is 2.07. The van der Waals surface area contributed by atoms with Gasteiger partial charge in [0.05, 0.1) is 5.69 Å². The summed E-state index contributed by atoms with van der Waals surface area (Å²) in [6, 6.07) is 0. The highest BCUT2D eigenvalue weighted by molar-refractivity contribution is 5.97. The van der Waals surface area contributed by atoms with E-state index in [4.69, 9.17) is 0 Å². The van der Waals surface area contributed by atoms with Crippen LogP contribution in [0.1, 0.15) is 59.4 Å². The van der Waals surface area contributed by atoms with Crippen molar-refractivity contribution in [2.75, 3.05) is 39.8 Å². The maximum atomic E-state index is 13.0. The van der Waals surface area contributed by atoms with Crippen molar-refractivity contribution in [3.8, 4) is 0 Å². The Balaban J connectivity index is 1.82. The van der Waals surface area contributed by atoms with Gasteiger partial charge >= 0.3 is 0 Å². The van der Waals surface area contributed by atoms with Crippen molar-refractivity contribution in [3.63, 3.8) is 0 Å². The van der Waals surface area contributed by atoms with E-state index in [1.165, 1.54) is 0 Å². The van der Waals surface area contributed by atoms with Gasteiger partial charge in [0.2, 0.25) is 0 Å². The lowest BCUT2D eigenvalue weighted by molar-refractivity contribution is 0.0645. The fourth-order valence-electron chi connectivity index (χ4n) is 3.50. The van der Waals surface area contributed by atoms with Crippen LogP contribution in [0.3, 0.4) is 0 Å². The third-order valence-corrected chi connectivity index (χ3v) is 5.13. The number of fused-ring (bicyclic) bond motifs is 1. The van der Waals surface area contributed by atoms with E-state index in [9.17, 15) is 9.59 Å². The average molecular weight is 347 g/mol. The highest BCUT2D eigenvalue weighted by atomic mass is 16.2. The molecule has 0 atom stereocenters. The summed E-state index contributed by atoms with van der Waals surface area (Å²) in [4.78, 5) is 34.1. The summed E-state index contributed by atoms with van der Waals surface area (Å²) in [6.07, 6.45) is 4.88. The van der Waals surface area contributed by atoms with Crippen LogP contribution in [0.25, 0.3) is 0 Å². The van der Waals surface area contributed by atoms with Gasteiger partial charge in [0.25, 0.3) is 11.8 Å². The number of likely N-dealkylation sites (N-methyl/N-ethyl adjacent to an activating group) is 1. The second-order valence-corrected chi connectivity index (χ2v) is 7.04. The largest absolute Gasteiger partial charge is 0.351 e. The SMILES string of the molecule is CCCCNC(=O)c1nc(C(=O)N2CCN(C)CC2)n2c1CCCC2. The lowest BCUT2D eigenvalue weighted by Crippen LogP contribution is -2.47. The molecule has 2 aliphatic rings. The van der Waals surface area contributed by atoms with Crippen LogP contribution in [0.15, 0.2) is 0 Å². The third kappa shape index (κ3) is 3.86. The Kier molecular flexibility index (Phi) is 5.73. The number of nitrogens with one attached hydrogen (secondary N) is 1. The number of nitrogens with zero attached hydrogens (tertiary/aromatic N) is 4. The van der Waals surface area contributed by atoms with Gasteiger partial charge in [-0.1, -0.05) is 13.3 Å². The molecule has 2 aliphatic heterocycles. The summed E-state index contributed by atoms with van der Waals surface area (Å²) in [5.41, 5.74) is 1.38. The minimum atomic E-state index is -0.142. The van der Waals surface area contributed by atoms with E-state index >= 15 is 0 Å². The van der Waals surface area contributed by atoms with Crippen LogP contribution in [-0.4, -0.2) is 70.9 Å². The summed E-state index contributed by atoms with van der Waals surface area (Å²) >= 11 is 0. The van der Waals surface area contributed by atoms with E-state index in [0.29, 0.717) is 18.1 Å². The number of carbonyl (C=O) groups is 2. The molecule has 2 amide bonds. The Bertz CT molecular complexity index is 632. The summed E-state index contributed by atoms with van der Waals surface area (Å²) in [5.74, 6) is 0.264. The Hall–Kier alpha value is -1.89. The molecule has 1 aromatic heterocycles. The zero-order valence-corrected chi connectivity index (χ0v) is 15.4. The molecule has 0 radical (unpaired) electrons. The quantitative estimate of drug-likeness (QED) is 0.811. The highest BCUT2D eigenvalue weighted by Crippen LogP contribution is 2.22. The number of hydrogen-bond acceptors (Lipinski definition) is 4. The Morgan fingerprint density at radius 1 is 1.12 bits per heavy atom. The molecule has 1 saturated heterocycles. The number of amides is 2. The topological polar surface area (TPSA) is 70.5 Å². The number of imidazole rings is 1.